The number of pyridine rings is 1. The van der Waals surface area contributed by atoms with E-state index in [2.05, 4.69) is 9.97 Å². The highest BCUT2D eigenvalue weighted by Gasteiger charge is 2.05. The second-order valence-electron chi connectivity index (χ2n) is 2.73. The predicted octanol–water partition coefficient (Wildman–Crippen LogP) is 1.60. The van der Waals surface area contributed by atoms with E-state index >= 15 is 0 Å². The fourth-order valence-electron chi connectivity index (χ4n) is 1.15. The van der Waals surface area contributed by atoms with Gasteiger partial charge in [0.15, 0.2) is 0 Å². The molecule has 62 valence electrons. The molecule has 0 unspecified atom stereocenters. The van der Waals surface area contributed by atoms with Gasteiger partial charge in [0.2, 0.25) is 0 Å². The van der Waals surface area contributed by atoms with Crippen molar-refractivity contribution < 1.29 is 0 Å². The Kier molecular flexibility index (Phi) is 1.51. The number of hydrogen-bond acceptors (Lipinski definition) is 3. The average Bonchev–Trinajstić information content (AvgIpc) is 2.48. The van der Waals surface area contributed by atoms with Gasteiger partial charge in [-0.25, -0.2) is 4.98 Å². The molecule has 0 spiro atoms. The summed E-state index contributed by atoms with van der Waals surface area (Å²) in [7, 11) is 0. The van der Waals surface area contributed by atoms with Crippen molar-refractivity contribution in [3.63, 3.8) is 0 Å². The van der Waals surface area contributed by atoms with Gasteiger partial charge in [-0.15, -0.1) is 11.3 Å². The molecule has 0 atom stereocenters. The van der Waals surface area contributed by atoms with E-state index in [0.29, 0.717) is 0 Å². The average molecular weight is 180 g/mol. The van der Waals surface area contributed by atoms with E-state index in [1.54, 1.807) is 5.51 Å². The molecule has 2 aromatic heterocycles. The first-order valence-electron chi connectivity index (χ1n) is 3.63. The largest absolute Gasteiger partial charge is 0.312 e. The van der Waals surface area contributed by atoms with Crippen LogP contribution in [-0.4, -0.2) is 9.97 Å². The first-order valence-corrected chi connectivity index (χ1v) is 4.51. The van der Waals surface area contributed by atoms with E-state index in [9.17, 15) is 4.79 Å². The van der Waals surface area contributed by atoms with Crippen LogP contribution in [0.2, 0.25) is 0 Å². The molecule has 0 aliphatic heterocycles. The van der Waals surface area contributed by atoms with Crippen LogP contribution in [0.4, 0.5) is 0 Å². The van der Waals surface area contributed by atoms with Crippen LogP contribution in [-0.2, 0) is 0 Å². The van der Waals surface area contributed by atoms with Crippen LogP contribution in [0.3, 0.4) is 0 Å². The van der Waals surface area contributed by atoms with Gasteiger partial charge in [-0.1, -0.05) is 0 Å². The molecule has 2 heterocycles. The van der Waals surface area contributed by atoms with Crippen molar-refractivity contribution in [2.45, 2.75) is 13.8 Å². The van der Waals surface area contributed by atoms with Crippen LogP contribution in [0.1, 0.15) is 11.1 Å². The molecule has 2 aromatic rings. The minimum atomic E-state index is -0.00995. The lowest BCUT2D eigenvalue weighted by Gasteiger charge is -1.97. The summed E-state index contributed by atoms with van der Waals surface area (Å²) in [6, 6.07) is 0. The quantitative estimate of drug-likeness (QED) is 0.669. The van der Waals surface area contributed by atoms with Gasteiger partial charge in [0.1, 0.15) is 10.3 Å². The molecule has 2 rings (SSSR count). The second-order valence-corrected chi connectivity index (χ2v) is 3.59. The number of nitrogens with one attached hydrogen (secondary N) is 1. The summed E-state index contributed by atoms with van der Waals surface area (Å²) in [5, 5.41) is 0. The molecular weight excluding hydrogens is 172 g/mol. The van der Waals surface area contributed by atoms with Crippen LogP contribution in [0.15, 0.2) is 10.3 Å². The van der Waals surface area contributed by atoms with E-state index in [-0.39, 0.29) is 5.56 Å². The number of fused-ring (bicyclic) bond motifs is 1. The second kappa shape index (κ2) is 2.42. The molecule has 0 radical (unpaired) electrons. The van der Waals surface area contributed by atoms with E-state index in [4.69, 9.17) is 0 Å². The van der Waals surface area contributed by atoms with Crippen LogP contribution in [0.25, 0.3) is 10.3 Å². The number of hydrogen-bond donors (Lipinski definition) is 1. The minimum absolute atomic E-state index is 0.00995. The number of H-pyrrole nitrogens is 1. The highest BCUT2D eigenvalue weighted by Crippen LogP contribution is 2.18. The monoisotopic (exact) mass is 180 g/mol. The molecule has 0 aromatic carbocycles. The summed E-state index contributed by atoms with van der Waals surface area (Å²) in [4.78, 5) is 19.1. The van der Waals surface area contributed by atoms with Crippen molar-refractivity contribution in [3.8, 4) is 0 Å². The van der Waals surface area contributed by atoms with Gasteiger partial charge in [-0.05, 0) is 19.4 Å². The number of aromatic amines is 1. The highest BCUT2D eigenvalue weighted by atomic mass is 32.1. The van der Waals surface area contributed by atoms with Crippen molar-refractivity contribution in [1.29, 1.82) is 0 Å². The molecular formula is C8H8N2OS. The smallest absolute Gasteiger partial charge is 0.252 e. The maximum Gasteiger partial charge on any atom is 0.252 e. The molecule has 1 N–H and O–H groups in total. The van der Waals surface area contributed by atoms with Gasteiger partial charge >= 0.3 is 0 Å². The van der Waals surface area contributed by atoms with Crippen molar-refractivity contribution in [2.75, 3.05) is 0 Å². The van der Waals surface area contributed by atoms with Crippen LogP contribution in [0, 0.1) is 13.8 Å². The van der Waals surface area contributed by atoms with Crippen LogP contribution >= 0.6 is 11.3 Å². The first kappa shape index (κ1) is 7.49. The molecule has 4 heteroatoms. The van der Waals surface area contributed by atoms with Gasteiger partial charge in [-0.2, -0.15) is 0 Å². The lowest BCUT2D eigenvalue weighted by molar-refractivity contribution is 1.20. The molecule has 12 heavy (non-hydrogen) atoms. The Morgan fingerprint density at radius 1 is 1.42 bits per heavy atom. The van der Waals surface area contributed by atoms with Crippen LogP contribution < -0.4 is 5.56 Å². The Labute approximate surface area is 73.1 Å². The summed E-state index contributed by atoms with van der Waals surface area (Å²) in [6.07, 6.45) is 0. The normalized spacial score (nSPS) is 10.8. The highest BCUT2D eigenvalue weighted by molar-refractivity contribution is 7.16. The third-order valence-corrected chi connectivity index (χ3v) is 2.79. The summed E-state index contributed by atoms with van der Waals surface area (Å²) < 4.78 is 0. The molecule has 0 amide bonds. The molecule has 0 aliphatic carbocycles. The molecule has 0 aliphatic rings. The van der Waals surface area contributed by atoms with E-state index in [1.165, 1.54) is 11.3 Å². The van der Waals surface area contributed by atoms with E-state index in [0.717, 1.165) is 21.5 Å². The van der Waals surface area contributed by atoms with Crippen molar-refractivity contribution in [1.82, 2.24) is 9.97 Å². The summed E-state index contributed by atoms with van der Waals surface area (Å²) in [5.41, 5.74) is 4.39. The number of nitrogens with zero attached hydrogens (tertiary/aromatic N) is 1. The minimum Gasteiger partial charge on any atom is -0.312 e. The van der Waals surface area contributed by atoms with Crippen molar-refractivity contribution in [3.05, 3.63) is 27.0 Å². The maximum atomic E-state index is 11.3. The van der Waals surface area contributed by atoms with E-state index < -0.39 is 0 Å². The van der Waals surface area contributed by atoms with Crippen LogP contribution in [0.5, 0.6) is 0 Å². The lowest BCUT2D eigenvalue weighted by atomic mass is 10.2. The van der Waals surface area contributed by atoms with Crippen molar-refractivity contribution in [2.24, 2.45) is 0 Å². The Morgan fingerprint density at radius 2 is 2.17 bits per heavy atom. The Bertz CT molecular complexity index is 483. The van der Waals surface area contributed by atoms with Gasteiger partial charge in [0.05, 0.1) is 5.51 Å². The number of rotatable bonds is 0. The van der Waals surface area contributed by atoms with Crippen molar-refractivity contribution >= 4 is 21.7 Å². The molecule has 0 fully saturated rings. The van der Waals surface area contributed by atoms with Gasteiger partial charge in [0, 0.05) is 5.56 Å². The van der Waals surface area contributed by atoms with Gasteiger partial charge in [0.25, 0.3) is 5.56 Å². The lowest BCUT2D eigenvalue weighted by Crippen LogP contribution is -2.10. The topological polar surface area (TPSA) is 45.8 Å². The Balaban J connectivity index is 3.04. The molecule has 0 saturated heterocycles. The zero-order chi connectivity index (χ0) is 8.72. The van der Waals surface area contributed by atoms with Gasteiger partial charge < -0.3 is 4.98 Å². The SMILES string of the molecule is Cc1c(C)c2ncsc2[nH]c1=O. The van der Waals surface area contributed by atoms with E-state index in [1.807, 2.05) is 13.8 Å². The summed E-state index contributed by atoms with van der Waals surface area (Å²) in [6.45, 7) is 3.74. The summed E-state index contributed by atoms with van der Waals surface area (Å²) in [5.74, 6) is 0. The fraction of sp³-hybridized carbons (Fsp3) is 0.250. The number of thiazole rings is 1. The summed E-state index contributed by atoms with van der Waals surface area (Å²) >= 11 is 1.46. The number of aryl methyl sites for hydroxylation is 1. The molecule has 3 nitrogen and oxygen atoms in total. The Hall–Kier alpha value is -1.16. The Morgan fingerprint density at radius 3 is 2.92 bits per heavy atom. The standard InChI is InChI=1S/C8H8N2OS/c1-4-5(2)7(11)10-8-6(4)9-3-12-8/h3H,1-2H3,(H,10,11). The number of aromatic nitrogens is 2. The zero-order valence-electron chi connectivity index (χ0n) is 6.84. The third-order valence-electron chi connectivity index (χ3n) is 2.05. The zero-order valence-corrected chi connectivity index (χ0v) is 7.66. The molecule has 0 bridgehead atoms. The van der Waals surface area contributed by atoms with Gasteiger partial charge in [-0.3, -0.25) is 4.79 Å². The molecule has 0 saturated carbocycles. The predicted molar refractivity (Wildman–Crippen MR) is 49.7 cm³/mol. The fourth-order valence-corrected chi connectivity index (χ4v) is 1.88. The maximum absolute atomic E-state index is 11.3. The first-order chi connectivity index (χ1) is 5.70. The third kappa shape index (κ3) is 0.881.